The van der Waals surface area contributed by atoms with Crippen molar-refractivity contribution in [3.8, 4) is 0 Å². The van der Waals surface area contributed by atoms with Crippen molar-refractivity contribution < 1.29 is 39.5 Å². The van der Waals surface area contributed by atoms with Gasteiger partial charge >= 0.3 is 12.1 Å². The molecule has 0 aliphatic heterocycles. The van der Waals surface area contributed by atoms with Gasteiger partial charge in [0.25, 0.3) is 0 Å². The number of aliphatic hydroxyl groups is 3. The molecule has 0 aromatic rings. The van der Waals surface area contributed by atoms with E-state index in [1.54, 1.807) is 0 Å². The van der Waals surface area contributed by atoms with Crippen LogP contribution >= 0.6 is 0 Å². The fourth-order valence-corrected chi connectivity index (χ4v) is 3.45. The van der Waals surface area contributed by atoms with Crippen LogP contribution in [0.15, 0.2) is 0 Å². The molecule has 1 fully saturated rings. The molecule has 0 aromatic heterocycles. The number of nitrogens with one attached hydrogen (secondary N) is 4. The molecule has 1 aliphatic carbocycles. The van der Waals surface area contributed by atoms with Crippen LogP contribution in [0.3, 0.4) is 0 Å². The van der Waals surface area contributed by atoms with E-state index < -0.39 is 72.8 Å². The van der Waals surface area contributed by atoms with Gasteiger partial charge in [0.2, 0.25) is 13.9 Å². The largest absolute Gasteiger partial charge is 0.481 e. The first-order valence-electron chi connectivity index (χ1n) is 8.49. The Hall–Kier alpha value is -2.58. The third kappa shape index (κ3) is 5.71. The zero-order valence-corrected chi connectivity index (χ0v) is 15.5. The monoisotopic (exact) mass is 403 g/mol. The van der Waals surface area contributed by atoms with E-state index in [0.29, 0.717) is 0 Å². The first kappa shape index (κ1) is 23.5. The quantitative estimate of drug-likeness (QED) is 0.107. The minimum absolute atomic E-state index is 0.140. The topological polar surface area (TPSA) is 227 Å². The molecule has 0 unspecified atom stereocenters. The summed E-state index contributed by atoms with van der Waals surface area (Å²) in [6, 6.07) is -2.22. The molecule has 1 aliphatic rings. The van der Waals surface area contributed by atoms with Gasteiger partial charge in [0.15, 0.2) is 5.96 Å². The van der Waals surface area contributed by atoms with Crippen molar-refractivity contribution >= 4 is 31.9 Å². The van der Waals surface area contributed by atoms with Crippen molar-refractivity contribution in [1.29, 1.82) is 5.41 Å². The Balaban J connectivity index is 3.42. The molecule has 0 saturated heterocycles. The number of aliphatic hydroxyl groups excluding tert-OH is 3. The average molecular weight is 403 g/mol. The lowest BCUT2D eigenvalue weighted by Crippen LogP contribution is -2.60. The normalized spacial score (nSPS) is 27.1. The van der Waals surface area contributed by atoms with E-state index in [0.717, 1.165) is 6.92 Å². The minimum atomic E-state index is -1.72. The molecule has 0 heterocycles. The SMILES string of the molecule is BNC(=O)O[C@H]1[C@@H]([C@H](NC(C)=O)[C@@H](O)[C@@H](O)CO)[C@H](NC(=N)N)C[C@@H]1C(=O)O. The number of carbonyl (C=O) groups excluding carboxylic acids is 2. The van der Waals surface area contributed by atoms with Gasteiger partial charge in [0.1, 0.15) is 18.3 Å². The Labute approximate surface area is 161 Å². The second-order valence-corrected chi connectivity index (χ2v) is 6.51. The zero-order chi connectivity index (χ0) is 21.6. The number of hydrogen-bond donors (Lipinski definition) is 9. The van der Waals surface area contributed by atoms with E-state index in [4.69, 9.17) is 21.0 Å². The molecule has 1 rings (SSSR count). The van der Waals surface area contributed by atoms with Crippen molar-refractivity contribution in [1.82, 2.24) is 15.9 Å². The van der Waals surface area contributed by atoms with Crippen LogP contribution in [0.5, 0.6) is 0 Å². The number of aliphatic carboxylic acids is 1. The standard InChI is InChI=1S/C14H26BN5O8/c1-4(22)18-9(10(24)7(23)3-21)8-6(19-13(16)17)2-5(12(25)26)11(8)28-14(27)20-15/h5-11,21,23-24H,2-3,15H2,1H3,(H,18,22)(H,20,27)(H,25,26)(H4,16,17,19)/t5-,6+,7-,8+,9-,10-,11+/m0/s1. The van der Waals surface area contributed by atoms with Crippen molar-refractivity contribution in [2.24, 2.45) is 17.6 Å². The van der Waals surface area contributed by atoms with Gasteiger partial charge in [-0.15, -0.1) is 0 Å². The lowest BCUT2D eigenvalue weighted by Gasteiger charge is -2.37. The van der Waals surface area contributed by atoms with Gasteiger partial charge in [-0.1, -0.05) is 0 Å². The summed E-state index contributed by atoms with van der Waals surface area (Å²) in [5, 5.41) is 53.5. The number of guanidine groups is 1. The number of carbonyl (C=O) groups is 3. The lowest BCUT2D eigenvalue weighted by atomic mass is 9.85. The summed E-state index contributed by atoms with van der Waals surface area (Å²) in [6.07, 6.45) is -5.81. The predicted molar refractivity (Wildman–Crippen MR) is 96.7 cm³/mol. The summed E-state index contributed by atoms with van der Waals surface area (Å²) in [5.41, 5.74) is 5.36. The Morgan fingerprint density at radius 1 is 1.36 bits per heavy atom. The molecule has 0 aromatic carbocycles. The molecule has 0 spiro atoms. The lowest BCUT2D eigenvalue weighted by molar-refractivity contribution is -0.145. The van der Waals surface area contributed by atoms with Crippen LogP contribution in [-0.2, 0) is 14.3 Å². The van der Waals surface area contributed by atoms with Gasteiger partial charge in [-0.05, 0) is 6.42 Å². The van der Waals surface area contributed by atoms with Crippen LogP contribution in [0.25, 0.3) is 0 Å². The van der Waals surface area contributed by atoms with Gasteiger partial charge in [-0.25, -0.2) is 4.79 Å². The number of hydrogen-bond acceptors (Lipinski definition) is 8. The van der Waals surface area contributed by atoms with Crippen LogP contribution in [-0.4, -0.2) is 89.3 Å². The maximum Gasteiger partial charge on any atom is 0.394 e. The smallest absolute Gasteiger partial charge is 0.394 e. The molecule has 28 heavy (non-hydrogen) atoms. The Bertz CT molecular complexity index is 608. The van der Waals surface area contributed by atoms with Crippen LogP contribution in [0, 0.1) is 17.2 Å². The van der Waals surface area contributed by atoms with E-state index in [1.165, 1.54) is 7.98 Å². The van der Waals surface area contributed by atoms with Crippen molar-refractivity contribution in [3.63, 3.8) is 0 Å². The molecule has 1 saturated carbocycles. The summed E-state index contributed by atoms with van der Waals surface area (Å²) in [7, 11) is 1.27. The van der Waals surface area contributed by atoms with Crippen molar-refractivity contribution in [2.75, 3.05) is 6.61 Å². The van der Waals surface area contributed by atoms with Gasteiger partial charge < -0.3 is 46.8 Å². The van der Waals surface area contributed by atoms with Gasteiger partial charge in [-0.2, -0.15) is 0 Å². The number of amides is 2. The van der Waals surface area contributed by atoms with Crippen LogP contribution in [0.4, 0.5) is 4.79 Å². The molecule has 158 valence electrons. The van der Waals surface area contributed by atoms with E-state index in [-0.39, 0.29) is 6.42 Å². The highest BCUT2D eigenvalue weighted by molar-refractivity contribution is 6.12. The van der Waals surface area contributed by atoms with Crippen LogP contribution in [0.2, 0.25) is 0 Å². The number of nitrogens with two attached hydrogens (primary N) is 1. The summed E-state index contributed by atoms with van der Waals surface area (Å²) in [4.78, 5) is 35.1. The molecule has 7 atom stereocenters. The van der Waals surface area contributed by atoms with Crippen molar-refractivity contribution in [3.05, 3.63) is 0 Å². The van der Waals surface area contributed by atoms with Crippen LogP contribution in [0.1, 0.15) is 13.3 Å². The number of rotatable bonds is 8. The molecule has 13 nitrogen and oxygen atoms in total. The molecular weight excluding hydrogens is 377 g/mol. The highest BCUT2D eigenvalue weighted by Gasteiger charge is 2.54. The molecule has 0 bridgehead atoms. The zero-order valence-electron chi connectivity index (χ0n) is 15.5. The Morgan fingerprint density at radius 2 is 1.96 bits per heavy atom. The minimum Gasteiger partial charge on any atom is -0.481 e. The van der Waals surface area contributed by atoms with Gasteiger partial charge in [0.05, 0.1) is 18.6 Å². The summed E-state index contributed by atoms with van der Waals surface area (Å²) >= 11 is 0. The summed E-state index contributed by atoms with van der Waals surface area (Å²) in [6.45, 7) is 0.300. The first-order chi connectivity index (χ1) is 13.0. The second kappa shape index (κ2) is 10.1. The average Bonchev–Trinajstić information content (AvgIpc) is 2.95. The Morgan fingerprint density at radius 3 is 2.39 bits per heavy atom. The number of ether oxygens (including phenoxy) is 1. The molecular formula is C14H26BN5O8. The van der Waals surface area contributed by atoms with Crippen LogP contribution < -0.4 is 21.6 Å². The Kier molecular flexibility index (Phi) is 8.47. The summed E-state index contributed by atoms with van der Waals surface area (Å²) in [5.74, 6) is -4.76. The van der Waals surface area contributed by atoms with Crippen molar-refractivity contribution in [2.45, 2.75) is 43.7 Å². The maximum atomic E-state index is 11.8. The highest BCUT2D eigenvalue weighted by atomic mass is 16.6. The molecule has 0 radical (unpaired) electrons. The maximum absolute atomic E-state index is 11.8. The third-order valence-corrected chi connectivity index (χ3v) is 4.59. The van der Waals surface area contributed by atoms with E-state index >= 15 is 0 Å². The summed E-state index contributed by atoms with van der Waals surface area (Å²) < 4.78 is 5.20. The van der Waals surface area contributed by atoms with Gasteiger partial charge in [-0.3, -0.25) is 15.0 Å². The van der Waals surface area contributed by atoms with E-state index in [1.807, 2.05) is 0 Å². The first-order valence-corrected chi connectivity index (χ1v) is 8.49. The van der Waals surface area contributed by atoms with E-state index in [9.17, 15) is 29.7 Å². The molecule has 14 heteroatoms. The van der Waals surface area contributed by atoms with E-state index in [2.05, 4.69) is 15.9 Å². The molecule has 2 amide bonds. The fourth-order valence-electron chi connectivity index (χ4n) is 3.45. The number of carboxylic acid groups (broad SMARTS) is 1. The third-order valence-electron chi connectivity index (χ3n) is 4.59. The van der Waals surface area contributed by atoms with Gasteiger partial charge in [0, 0.05) is 18.9 Å². The number of carboxylic acids is 1. The highest BCUT2D eigenvalue weighted by Crippen LogP contribution is 2.38. The second-order valence-electron chi connectivity index (χ2n) is 6.51. The predicted octanol–water partition coefficient (Wildman–Crippen LogP) is -4.58. The molecule has 10 N–H and O–H groups in total. The fraction of sp³-hybridized carbons (Fsp3) is 0.714.